The lowest BCUT2D eigenvalue weighted by atomic mass is 10.4. The first-order valence-corrected chi connectivity index (χ1v) is 2.50. The number of nitrogens with one attached hydrogen (secondary N) is 1. The van der Waals surface area contributed by atoms with Crippen molar-refractivity contribution in [3.05, 3.63) is 18.0 Å². The SMILES string of the molecule is ClCc1cn[nH]c1. The van der Waals surface area contributed by atoms with Gasteiger partial charge in [0, 0.05) is 11.8 Å². The summed E-state index contributed by atoms with van der Waals surface area (Å²) in [6.07, 6.45) is 3.47. The smallest absolute Gasteiger partial charge is 0.0531 e. The molecule has 1 aromatic heterocycles. The molecule has 0 aromatic carbocycles. The van der Waals surface area contributed by atoms with Gasteiger partial charge in [0.15, 0.2) is 0 Å². The van der Waals surface area contributed by atoms with Crippen molar-refractivity contribution in [2.75, 3.05) is 0 Å². The maximum Gasteiger partial charge on any atom is 0.0531 e. The Bertz CT molecular complexity index is 124. The van der Waals surface area contributed by atoms with Crippen molar-refractivity contribution in [3.8, 4) is 0 Å². The standard InChI is InChI=1S/C4H5ClN2/c5-1-4-2-6-7-3-4/h2-3H,1H2,(H,6,7). The fourth-order valence-corrected chi connectivity index (χ4v) is 0.497. The molecule has 0 bridgehead atoms. The third-order valence-corrected chi connectivity index (χ3v) is 1.02. The van der Waals surface area contributed by atoms with Crippen LogP contribution in [0.15, 0.2) is 12.4 Å². The van der Waals surface area contributed by atoms with Crippen LogP contribution in [0.2, 0.25) is 0 Å². The highest BCUT2D eigenvalue weighted by Crippen LogP contribution is 1.96. The lowest BCUT2D eigenvalue weighted by Crippen LogP contribution is -1.63. The molecule has 0 spiro atoms. The Kier molecular flexibility index (Phi) is 1.32. The first kappa shape index (κ1) is 4.65. The Morgan fingerprint density at radius 1 is 1.86 bits per heavy atom. The number of alkyl halides is 1. The van der Waals surface area contributed by atoms with E-state index in [9.17, 15) is 0 Å². The third kappa shape index (κ3) is 0.933. The van der Waals surface area contributed by atoms with Crippen LogP contribution in [-0.2, 0) is 5.88 Å². The molecular weight excluding hydrogens is 112 g/mol. The van der Waals surface area contributed by atoms with E-state index in [0.29, 0.717) is 5.88 Å². The van der Waals surface area contributed by atoms with Crippen molar-refractivity contribution >= 4 is 11.6 Å². The van der Waals surface area contributed by atoms with Gasteiger partial charge in [-0.05, 0) is 0 Å². The van der Waals surface area contributed by atoms with E-state index in [2.05, 4.69) is 10.2 Å². The normalized spacial score (nSPS) is 9.29. The van der Waals surface area contributed by atoms with E-state index in [0.717, 1.165) is 5.56 Å². The van der Waals surface area contributed by atoms with Gasteiger partial charge < -0.3 is 0 Å². The average molecular weight is 117 g/mol. The molecule has 0 saturated carbocycles. The Hall–Kier alpha value is -0.500. The molecule has 0 aliphatic carbocycles. The molecule has 3 heteroatoms. The predicted octanol–water partition coefficient (Wildman–Crippen LogP) is 1.15. The molecule has 2 nitrogen and oxygen atoms in total. The van der Waals surface area contributed by atoms with Crippen molar-refractivity contribution in [2.45, 2.75) is 5.88 Å². The van der Waals surface area contributed by atoms with E-state index in [1.807, 2.05) is 0 Å². The van der Waals surface area contributed by atoms with Crippen LogP contribution in [0.4, 0.5) is 0 Å². The number of nitrogens with zero attached hydrogens (tertiary/aromatic N) is 1. The van der Waals surface area contributed by atoms with E-state index in [4.69, 9.17) is 11.6 Å². The van der Waals surface area contributed by atoms with Gasteiger partial charge in [-0.2, -0.15) is 5.10 Å². The summed E-state index contributed by atoms with van der Waals surface area (Å²) in [7, 11) is 0. The Balaban J connectivity index is 2.76. The zero-order valence-corrected chi connectivity index (χ0v) is 4.44. The van der Waals surface area contributed by atoms with Crippen LogP contribution in [0.3, 0.4) is 0 Å². The lowest BCUT2D eigenvalue weighted by Gasteiger charge is -1.74. The van der Waals surface area contributed by atoms with Gasteiger partial charge in [-0.1, -0.05) is 0 Å². The zero-order valence-electron chi connectivity index (χ0n) is 3.69. The zero-order chi connectivity index (χ0) is 5.11. The van der Waals surface area contributed by atoms with Crippen LogP contribution in [0.25, 0.3) is 0 Å². The van der Waals surface area contributed by atoms with Crippen LogP contribution in [0.1, 0.15) is 5.56 Å². The van der Waals surface area contributed by atoms with Gasteiger partial charge in [0.2, 0.25) is 0 Å². The molecule has 7 heavy (non-hydrogen) atoms. The molecule has 0 amide bonds. The number of aromatic nitrogens is 2. The quantitative estimate of drug-likeness (QED) is 0.548. The summed E-state index contributed by atoms with van der Waals surface area (Å²) in [4.78, 5) is 0. The number of halogens is 1. The average Bonchev–Trinajstić information content (AvgIpc) is 2.14. The third-order valence-electron chi connectivity index (χ3n) is 0.709. The van der Waals surface area contributed by atoms with E-state index in [1.54, 1.807) is 12.4 Å². The van der Waals surface area contributed by atoms with E-state index in [-0.39, 0.29) is 0 Å². The summed E-state index contributed by atoms with van der Waals surface area (Å²) < 4.78 is 0. The summed E-state index contributed by atoms with van der Waals surface area (Å²) in [6.45, 7) is 0. The molecule has 0 atom stereocenters. The van der Waals surface area contributed by atoms with Gasteiger partial charge in [-0.3, -0.25) is 5.10 Å². The molecule has 1 aromatic rings. The minimum atomic E-state index is 0.538. The molecule has 0 fully saturated rings. The maximum atomic E-state index is 5.41. The lowest BCUT2D eigenvalue weighted by molar-refractivity contribution is 1.09. The number of aromatic amines is 1. The van der Waals surface area contributed by atoms with E-state index in [1.165, 1.54) is 0 Å². The fourth-order valence-electron chi connectivity index (χ4n) is 0.351. The molecule has 0 saturated heterocycles. The Morgan fingerprint density at radius 2 is 2.71 bits per heavy atom. The van der Waals surface area contributed by atoms with Crippen LogP contribution in [0.5, 0.6) is 0 Å². The van der Waals surface area contributed by atoms with Gasteiger partial charge in [0.1, 0.15) is 0 Å². The van der Waals surface area contributed by atoms with Crippen molar-refractivity contribution < 1.29 is 0 Å². The van der Waals surface area contributed by atoms with Crippen LogP contribution < -0.4 is 0 Å². The van der Waals surface area contributed by atoms with Gasteiger partial charge in [0.25, 0.3) is 0 Å². The second-order valence-corrected chi connectivity index (χ2v) is 1.51. The fraction of sp³-hybridized carbons (Fsp3) is 0.250. The maximum absolute atomic E-state index is 5.41. The molecule has 1 rings (SSSR count). The highest BCUT2D eigenvalue weighted by Gasteiger charge is 1.84. The topological polar surface area (TPSA) is 28.7 Å². The Morgan fingerprint density at radius 3 is 3.00 bits per heavy atom. The molecule has 0 aliphatic heterocycles. The molecule has 0 radical (unpaired) electrons. The van der Waals surface area contributed by atoms with Crippen molar-refractivity contribution in [2.24, 2.45) is 0 Å². The summed E-state index contributed by atoms with van der Waals surface area (Å²) in [5, 5.41) is 6.33. The summed E-state index contributed by atoms with van der Waals surface area (Å²) in [5.41, 5.74) is 1.03. The van der Waals surface area contributed by atoms with Crippen LogP contribution >= 0.6 is 11.6 Å². The molecule has 0 aliphatic rings. The summed E-state index contributed by atoms with van der Waals surface area (Å²) in [5.74, 6) is 0.538. The number of H-pyrrole nitrogens is 1. The number of hydrogen-bond acceptors (Lipinski definition) is 1. The number of rotatable bonds is 1. The molecule has 1 heterocycles. The minimum absolute atomic E-state index is 0.538. The monoisotopic (exact) mass is 116 g/mol. The van der Waals surface area contributed by atoms with Gasteiger partial charge >= 0.3 is 0 Å². The van der Waals surface area contributed by atoms with Gasteiger partial charge in [-0.15, -0.1) is 11.6 Å². The second-order valence-electron chi connectivity index (χ2n) is 1.24. The largest absolute Gasteiger partial charge is 0.285 e. The minimum Gasteiger partial charge on any atom is -0.285 e. The highest BCUT2D eigenvalue weighted by molar-refractivity contribution is 6.17. The van der Waals surface area contributed by atoms with Crippen molar-refractivity contribution in [3.63, 3.8) is 0 Å². The Labute approximate surface area is 46.5 Å². The first-order valence-electron chi connectivity index (χ1n) is 1.97. The summed E-state index contributed by atoms with van der Waals surface area (Å²) >= 11 is 5.41. The van der Waals surface area contributed by atoms with Crippen molar-refractivity contribution in [1.29, 1.82) is 0 Å². The number of hydrogen-bond donors (Lipinski definition) is 1. The second kappa shape index (κ2) is 1.98. The van der Waals surface area contributed by atoms with Gasteiger partial charge in [-0.25, -0.2) is 0 Å². The van der Waals surface area contributed by atoms with Gasteiger partial charge in [0.05, 0.1) is 12.1 Å². The predicted molar refractivity (Wildman–Crippen MR) is 28.1 cm³/mol. The van der Waals surface area contributed by atoms with Crippen LogP contribution in [0, 0.1) is 0 Å². The summed E-state index contributed by atoms with van der Waals surface area (Å²) in [6, 6.07) is 0. The molecule has 0 unspecified atom stereocenters. The molecule has 38 valence electrons. The van der Waals surface area contributed by atoms with Crippen LogP contribution in [-0.4, -0.2) is 10.2 Å². The van der Waals surface area contributed by atoms with E-state index < -0.39 is 0 Å². The van der Waals surface area contributed by atoms with E-state index >= 15 is 0 Å². The highest BCUT2D eigenvalue weighted by atomic mass is 35.5. The van der Waals surface area contributed by atoms with Crippen molar-refractivity contribution in [1.82, 2.24) is 10.2 Å². The molecular formula is C4H5ClN2. The first-order chi connectivity index (χ1) is 3.43. The molecule has 1 N–H and O–H groups in total.